The number of amides is 1. The Hall–Kier alpha value is -3.16. The van der Waals surface area contributed by atoms with Gasteiger partial charge in [-0.1, -0.05) is 36.4 Å². The molecule has 0 saturated carbocycles. The first kappa shape index (κ1) is 20.1. The summed E-state index contributed by atoms with van der Waals surface area (Å²) in [5.41, 5.74) is 2.80. The van der Waals surface area contributed by atoms with Crippen molar-refractivity contribution in [3.05, 3.63) is 89.5 Å². The van der Waals surface area contributed by atoms with Crippen molar-refractivity contribution in [3.63, 3.8) is 0 Å². The lowest BCUT2D eigenvalue weighted by atomic mass is 10.0. The van der Waals surface area contributed by atoms with Crippen LogP contribution in [0.5, 0.6) is 5.75 Å². The predicted molar refractivity (Wildman–Crippen MR) is 115 cm³/mol. The number of ether oxygens (including phenoxy) is 1. The molecule has 1 unspecified atom stereocenters. The Kier molecular flexibility index (Phi) is 5.57. The van der Waals surface area contributed by atoms with E-state index < -0.39 is 10.0 Å². The average Bonchev–Trinajstić information content (AvgIpc) is 2.74. The van der Waals surface area contributed by atoms with E-state index in [2.05, 4.69) is 10.0 Å². The SMILES string of the molecule is Cc1ccccc1C(=O)Nc1ccc(S(=O)(=O)NC2CCOc3ccccc32)cc1. The van der Waals surface area contributed by atoms with Crippen molar-refractivity contribution in [2.45, 2.75) is 24.3 Å². The number of para-hydroxylation sites is 1. The number of carbonyl (C=O) groups excluding carboxylic acids is 1. The van der Waals surface area contributed by atoms with E-state index in [0.29, 0.717) is 30.0 Å². The van der Waals surface area contributed by atoms with Gasteiger partial charge in [0.05, 0.1) is 17.5 Å². The van der Waals surface area contributed by atoms with E-state index >= 15 is 0 Å². The molecule has 0 aromatic heterocycles. The van der Waals surface area contributed by atoms with E-state index in [1.54, 1.807) is 24.3 Å². The Labute approximate surface area is 176 Å². The predicted octanol–water partition coefficient (Wildman–Crippen LogP) is 4.05. The summed E-state index contributed by atoms with van der Waals surface area (Å²) >= 11 is 0. The molecular formula is C23H22N2O4S. The molecule has 6 nitrogen and oxygen atoms in total. The molecule has 0 aliphatic carbocycles. The minimum Gasteiger partial charge on any atom is -0.493 e. The number of nitrogens with one attached hydrogen (secondary N) is 2. The Balaban J connectivity index is 1.48. The molecule has 0 bridgehead atoms. The standard InChI is InChI=1S/C23H22N2O4S/c1-16-6-2-3-7-19(16)23(26)24-17-10-12-18(13-11-17)30(27,28)25-21-14-15-29-22-9-5-4-8-20(21)22/h2-13,21,25H,14-15H2,1H3,(H,24,26). The van der Waals surface area contributed by atoms with Gasteiger partial charge in [-0.15, -0.1) is 0 Å². The summed E-state index contributed by atoms with van der Waals surface area (Å²) in [6, 6.07) is 20.5. The first-order chi connectivity index (χ1) is 14.4. The topological polar surface area (TPSA) is 84.5 Å². The van der Waals surface area contributed by atoms with Crippen molar-refractivity contribution in [2.24, 2.45) is 0 Å². The van der Waals surface area contributed by atoms with Gasteiger partial charge in [0, 0.05) is 23.2 Å². The van der Waals surface area contributed by atoms with E-state index in [0.717, 1.165) is 11.1 Å². The molecule has 1 aliphatic heterocycles. The van der Waals surface area contributed by atoms with Crippen molar-refractivity contribution in [1.82, 2.24) is 4.72 Å². The molecule has 1 heterocycles. The summed E-state index contributed by atoms with van der Waals surface area (Å²) in [6.07, 6.45) is 0.556. The van der Waals surface area contributed by atoms with Crippen LogP contribution in [0.3, 0.4) is 0 Å². The minimum atomic E-state index is -3.72. The number of hydrogen-bond donors (Lipinski definition) is 2. The summed E-state index contributed by atoms with van der Waals surface area (Å²) in [5.74, 6) is 0.464. The van der Waals surface area contributed by atoms with Crippen molar-refractivity contribution in [1.29, 1.82) is 0 Å². The fraction of sp³-hybridized carbons (Fsp3) is 0.174. The molecule has 2 N–H and O–H groups in total. The average molecular weight is 423 g/mol. The highest BCUT2D eigenvalue weighted by molar-refractivity contribution is 7.89. The minimum absolute atomic E-state index is 0.139. The summed E-state index contributed by atoms with van der Waals surface area (Å²) < 4.78 is 34.1. The molecule has 7 heteroatoms. The number of hydrogen-bond acceptors (Lipinski definition) is 4. The molecule has 0 radical (unpaired) electrons. The second-order valence-corrected chi connectivity index (χ2v) is 8.86. The summed E-state index contributed by atoms with van der Waals surface area (Å²) in [4.78, 5) is 12.6. The van der Waals surface area contributed by atoms with E-state index in [1.165, 1.54) is 12.1 Å². The highest BCUT2D eigenvalue weighted by Gasteiger charge is 2.26. The third kappa shape index (κ3) is 4.22. The van der Waals surface area contributed by atoms with Gasteiger partial charge in [-0.05, 0) is 48.9 Å². The Bertz CT molecular complexity index is 1170. The zero-order valence-electron chi connectivity index (χ0n) is 16.5. The monoisotopic (exact) mass is 422 g/mol. The van der Waals surface area contributed by atoms with Crippen LogP contribution >= 0.6 is 0 Å². The molecule has 3 aromatic rings. The van der Waals surface area contributed by atoms with Gasteiger partial charge in [-0.25, -0.2) is 13.1 Å². The number of anilines is 1. The molecule has 0 saturated heterocycles. The number of rotatable bonds is 5. The lowest BCUT2D eigenvalue weighted by molar-refractivity contribution is 0.102. The maximum Gasteiger partial charge on any atom is 0.255 e. The van der Waals surface area contributed by atoms with E-state index in [9.17, 15) is 13.2 Å². The lowest BCUT2D eigenvalue weighted by Gasteiger charge is -2.26. The van der Waals surface area contributed by atoms with Crippen LogP contribution in [-0.2, 0) is 10.0 Å². The van der Waals surface area contributed by atoms with E-state index in [-0.39, 0.29) is 16.8 Å². The van der Waals surface area contributed by atoms with Crippen molar-refractivity contribution in [3.8, 4) is 5.75 Å². The molecule has 30 heavy (non-hydrogen) atoms. The van der Waals surface area contributed by atoms with Crippen LogP contribution in [0.15, 0.2) is 77.7 Å². The summed E-state index contributed by atoms with van der Waals surface area (Å²) in [6.45, 7) is 2.32. The van der Waals surface area contributed by atoms with Gasteiger partial charge >= 0.3 is 0 Å². The van der Waals surface area contributed by atoms with Gasteiger partial charge in [0.1, 0.15) is 5.75 Å². The summed E-state index contributed by atoms with van der Waals surface area (Å²) in [7, 11) is -3.72. The fourth-order valence-corrected chi connectivity index (χ4v) is 4.71. The molecule has 0 spiro atoms. The second kappa shape index (κ2) is 8.30. The molecule has 1 amide bonds. The highest BCUT2D eigenvalue weighted by Crippen LogP contribution is 2.32. The maximum absolute atomic E-state index is 12.9. The van der Waals surface area contributed by atoms with E-state index in [1.807, 2.05) is 43.3 Å². The number of benzene rings is 3. The third-order valence-electron chi connectivity index (χ3n) is 5.07. The molecule has 1 aliphatic rings. The molecule has 1 atom stereocenters. The van der Waals surface area contributed by atoms with Crippen molar-refractivity contribution in [2.75, 3.05) is 11.9 Å². The first-order valence-corrected chi connectivity index (χ1v) is 11.1. The van der Waals surface area contributed by atoms with Crippen LogP contribution in [0.4, 0.5) is 5.69 Å². The van der Waals surface area contributed by atoms with Gasteiger partial charge in [0.15, 0.2) is 0 Å². The Morgan fingerprint density at radius 3 is 2.43 bits per heavy atom. The van der Waals surface area contributed by atoms with Crippen LogP contribution in [0.25, 0.3) is 0 Å². The third-order valence-corrected chi connectivity index (χ3v) is 6.56. The quantitative estimate of drug-likeness (QED) is 0.650. The molecule has 154 valence electrons. The maximum atomic E-state index is 12.9. The van der Waals surface area contributed by atoms with Crippen LogP contribution in [0.1, 0.15) is 33.9 Å². The van der Waals surface area contributed by atoms with Crippen LogP contribution in [-0.4, -0.2) is 20.9 Å². The molecular weight excluding hydrogens is 400 g/mol. The zero-order chi connectivity index (χ0) is 21.1. The lowest BCUT2D eigenvalue weighted by Crippen LogP contribution is -2.32. The van der Waals surface area contributed by atoms with Crippen LogP contribution < -0.4 is 14.8 Å². The van der Waals surface area contributed by atoms with Gasteiger partial charge in [0.2, 0.25) is 10.0 Å². The van der Waals surface area contributed by atoms with Crippen LogP contribution in [0, 0.1) is 6.92 Å². The van der Waals surface area contributed by atoms with Crippen LogP contribution in [0.2, 0.25) is 0 Å². The highest BCUT2D eigenvalue weighted by atomic mass is 32.2. The fourth-order valence-electron chi connectivity index (χ4n) is 3.46. The number of sulfonamides is 1. The Morgan fingerprint density at radius 2 is 1.67 bits per heavy atom. The smallest absolute Gasteiger partial charge is 0.255 e. The molecule has 4 rings (SSSR count). The van der Waals surface area contributed by atoms with E-state index in [4.69, 9.17) is 4.74 Å². The normalized spacial score (nSPS) is 15.7. The number of carbonyl (C=O) groups is 1. The molecule has 0 fully saturated rings. The zero-order valence-corrected chi connectivity index (χ0v) is 17.3. The van der Waals surface area contributed by atoms with Crippen molar-refractivity contribution < 1.29 is 17.9 Å². The van der Waals surface area contributed by atoms with Gasteiger partial charge in [0.25, 0.3) is 5.91 Å². The first-order valence-electron chi connectivity index (χ1n) is 9.65. The molecule has 3 aromatic carbocycles. The van der Waals surface area contributed by atoms with Gasteiger partial charge in [-0.3, -0.25) is 4.79 Å². The van der Waals surface area contributed by atoms with Gasteiger partial charge < -0.3 is 10.1 Å². The Morgan fingerprint density at radius 1 is 0.967 bits per heavy atom. The number of aryl methyl sites for hydroxylation is 1. The number of fused-ring (bicyclic) bond motifs is 1. The second-order valence-electron chi connectivity index (χ2n) is 7.14. The largest absolute Gasteiger partial charge is 0.493 e. The van der Waals surface area contributed by atoms with Gasteiger partial charge in [-0.2, -0.15) is 0 Å². The summed E-state index contributed by atoms with van der Waals surface area (Å²) in [5, 5.41) is 2.80. The van der Waals surface area contributed by atoms with Crippen molar-refractivity contribution >= 4 is 21.6 Å².